The van der Waals surface area contributed by atoms with E-state index in [1.54, 1.807) is 0 Å². The zero-order valence-electron chi connectivity index (χ0n) is 12.6. The van der Waals surface area contributed by atoms with E-state index in [1.807, 2.05) is 25.1 Å². The quantitative estimate of drug-likeness (QED) is 0.892. The molecule has 2 aromatic rings. The van der Waals surface area contributed by atoms with Gasteiger partial charge in [0.05, 0.1) is 0 Å². The molecular weight excluding hydrogens is 270 g/mol. The van der Waals surface area contributed by atoms with Crippen LogP contribution in [-0.2, 0) is 6.54 Å². The predicted molar refractivity (Wildman–Crippen MR) is 86.2 cm³/mol. The molecular formula is C16H22ClN3. The Morgan fingerprint density at radius 2 is 2.05 bits per heavy atom. The third-order valence-electron chi connectivity index (χ3n) is 3.44. The van der Waals surface area contributed by atoms with Gasteiger partial charge in [0, 0.05) is 23.0 Å². The van der Waals surface area contributed by atoms with E-state index in [4.69, 9.17) is 22.3 Å². The fourth-order valence-electron chi connectivity index (χ4n) is 2.47. The van der Waals surface area contributed by atoms with Crippen LogP contribution in [0.3, 0.4) is 0 Å². The van der Waals surface area contributed by atoms with Crippen LogP contribution in [0.1, 0.15) is 44.5 Å². The minimum atomic E-state index is 0.352. The highest BCUT2D eigenvalue weighted by Crippen LogP contribution is 2.32. The van der Waals surface area contributed by atoms with Gasteiger partial charge in [0.2, 0.25) is 0 Å². The van der Waals surface area contributed by atoms with Crippen molar-refractivity contribution in [3.05, 3.63) is 34.6 Å². The normalized spacial score (nSPS) is 11.3. The van der Waals surface area contributed by atoms with E-state index in [1.165, 1.54) is 0 Å². The Balaban J connectivity index is 2.60. The van der Waals surface area contributed by atoms with Crippen LogP contribution in [0.25, 0.3) is 11.3 Å². The molecule has 2 N–H and O–H groups in total. The lowest BCUT2D eigenvalue weighted by molar-refractivity contribution is 0.616. The van der Waals surface area contributed by atoms with Crippen molar-refractivity contribution in [2.45, 2.75) is 46.6 Å². The molecule has 1 aromatic heterocycles. The molecule has 0 aliphatic carbocycles. The van der Waals surface area contributed by atoms with Gasteiger partial charge < -0.3 is 10.3 Å². The zero-order valence-corrected chi connectivity index (χ0v) is 13.3. The molecule has 0 radical (unpaired) electrons. The van der Waals surface area contributed by atoms with Gasteiger partial charge in [-0.15, -0.1) is 0 Å². The Morgan fingerprint density at radius 3 is 2.60 bits per heavy atom. The third-order valence-corrected chi connectivity index (χ3v) is 3.68. The summed E-state index contributed by atoms with van der Waals surface area (Å²) >= 11 is 6.02. The predicted octanol–water partition coefficient (Wildman–Crippen LogP) is 4.63. The van der Waals surface area contributed by atoms with Crippen molar-refractivity contribution in [1.29, 1.82) is 0 Å². The molecule has 0 saturated carbocycles. The molecule has 0 bridgehead atoms. The number of hydrogen-bond donors (Lipinski definition) is 1. The Hall–Kier alpha value is -1.48. The van der Waals surface area contributed by atoms with Gasteiger partial charge in [-0.25, -0.2) is 4.98 Å². The van der Waals surface area contributed by atoms with E-state index >= 15 is 0 Å². The maximum atomic E-state index is 6.33. The minimum absolute atomic E-state index is 0.352. The molecule has 0 aliphatic heterocycles. The van der Waals surface area contributed by atoms with Crippen LogP contribution in [-0.4, -0.2) is 9.55 Å². The lowest BCUT2D eigenvalue weighted by Crippen LogP contribution is -2.08. The second-order valence-electron chi connectivity index (χ2n) is 5.47. The molecule has 0 fully saturated rings. The first-order valence-electron chi connectivity index (χ1n) is 7.08. The van der Waals surface area contributed by atoms with Gasteiger partial charge in [-0.1, -0.05) is 38.4 Å². The van der Waals surface area contributed by atoms with Crippen LogP contribution in [0.4, 0.5) is 5.82 Å². The van der Waals surface area contributed by atoms with Crippen molar-refractivity contribution >= 4 is 17.4 Å². The van der Waals surface area contributed by atoms with Crippen molar-refractivity contribution in [2.75, 3.05) is 5.73 Å². The standard InChI is InChI=1S/C16H22ClN3/c1-5-8-20-15(18)14(19-16(20)10(2)3)13-7-6-12(17)9-11(13)4/h6-7,9-10H,5,8,18H2,1-4H3. The van der Waals surface area contributed by atoms with E-state index < -0.39 is 0 Å². The van der Waals surface area contributed by atoms with Crippen LogP contribution in [0.2, 0.25) is 5.02 Å². The van der Waals surface area contributed by atoms with E-state index in [0.717, 1.165) is 46.5 Å². The zero-order chi connectivity index (χ0) is 14.9. The van der Waals surface area contributed by atoms with Crippen molar-refractivity contribution in [3.63, 3.8) is 0 Å². The molecule has 0 amide bonds. The summed E-state index contributed by atoms with van der Waals surface area (Å²) < 4.78 is 2.13. The average Bonchev–Trinajstić information content (AvgIpc) is 2.68. The molecule has 0 saturated heterocycles. The monoisotopic (exact) mass is 291 g/mol. The molecule has 0 aliphatic rings. The van der Waals surface area contributed by atoms with Gasteiger partial charge in [-0.2, -0.15) is 0 Å². The van der Waals surface area contributed by atoms with E-state index in [9.17, 15) is 0 Å². The second kappa shape index (κ2) is 5.88. The highest BCUT2D eigenvalue weighted by molar-refractivity contribution is 6.30. The smallest absolute Gasteiger partial charge is 0.131 e. The maximum Gasteiger partial charge on any atom is 0.131 e. The molecule has 1 aromatic carbocycles. The number of hydrogen-bond acceptors (Lipinski definition) is 2. The number of anilines is 1. The molecule has 1 heterocycles. The van der Waals surface area contributed by atoms with Crippen molar-refractivity contribution in [1.82, 2.24) is 9.55 Å². The summed E-state index contributed by atoms with van der Waals surface area (Å²) in [6.45, 7) is 9.38. The summed E-state index contributed by atoms with van der Waals surface area (Å²) in [6.07, 6.45) is 1.04. The van der Waals surface area contributed by atoms with Crippen molar-refractivity contribution < 1.29 is 0 Å². The Bertz CT molecular complexity index is 614. The first kappa shape index (κ1) is 14.9. The van der Waals surface area contributed by atoms with E-state index in [0.29, 0.717) is 5.92 Å². The van der Waals surface area contributed by atoms with E-state index in [2.05, 4.69) is 25.3 Å². The van der Waals surface area contributed by atoms with Crippen molar-refractivity contribution in [3.8, 4) is 11.3 Å². The summed E-state index contributed by atoms with van der Waals surface area (Å²) in [4.78, 5) is 4.78. The van der Waals surface area contributed by atoms with Crippen LogP contribution >= 0.6 is 11.6 Å². The van der Waals surface area contributed by atoms with Gasteiger partial charge in [0.1, 0.15) is 17.3 Å². The van der Waals surface area contributed by atoms with Crippen LogP contribution < -0.4 is 5.73 Å². The number of nitrogen functional groups attached to an aromatic ring is 1. The van der Waals surface area contributed by atoms with Gasteiger partial charge in [-0.3, -0.25) is 0 Å². The molecule has 4 heteroatoms. The minimum Gasteiger partial charge on any atom is -0.383 e. The third kappa shape index (κ3) is 2.68. The summed E-state index contributed by atoms with van der Waals surface area (Å²) in [7, 11) is 0. The van der Waals surface area contributed by atoms with Crippen LogP contribution in [0, 0.1) is 6.92 Å². The SMILES string of the molecule is CCCn1c(C(C)C)nc(-c2ccc(Cl)cc2C)c1N. The summed E-state index contributed by atoms with van der Waals surface area (Å²) in [5.41, 5.74) is 9.36. The molecule has 0 unspecified atom stereocenters. The molecule has 2 rings (SSSR count). The highest BCUT2D eigenvalue weighted by atomic mass is 35.5. The first-order valence-corrected chi connectivity index (χ1v) is 7.45. The molecule has 108 valence electrons. The van der Waals surface area contributed by atoms with Crippen LogP contribution in [0.5, 0.6) is 0 Å². The van der Waals surface area contributed by atoms with Crippen LogP contribution in [0.15, 0.2) is 18.2 Å². The lowest BCUT2D eigenvalue weighted by atomic mass is 10.1. The first-order chi connectivity index (χ1) is 9.45. The van der Waals surface area contributed by atoms with Crippen molar-refractivity contribution in [2.24, 2.45) is 0 Å². The van der Waals surface area contributed by atoms with Gasteiger partial charge in [0.25, 0.3) is 0 Å². The lowest BCUT2D eigenvalue weighted by Gasteiger charge is -2.10. The summed E-state index contributed by atoms with van der Waals surface area (Å²) in [5, 5.41) is 0.738. The summed E-state index contributed by atoms with van der Waals surface area (Å²) in [5.74, 6) is 2.15. The molecule has 20 heavy (non-hydrogen) atoms. The van der Waals surface area contributed by atoms with Gasteiger partial charge >= 0.3 is 0 Å². The second-order valence-corrected chi connectivity index (χ2v) is 5.91. The van der Waals surface area contributed by atoms with Gasteiger partial charge in [-0.05, 0) is 31.0 Å². The fourth-order valence-corrected chi connectivity index (χ4v) is 2.70. The number of imidazole rings is 1. The number of nitrogens with two attached hydrogens (primary N) is 1. The Morgan fingerprint density at radius 1 is 1.35 bits per heavy atom. The highest BCUT2D eigenvalue weighted by Gasteiger charge is 2.18. The average molecular weight is 292 g/mol. The number of halogens is 1. The number of aryl methyl sites for hydroxylation is 1. The molecule has 0 spiro atoms. The fraction of sp³-hybridized carbons (Fsp3) is 0.438. The summed E-state index contributed by atoms with van der Waals surface area (Å²) in [6, 6.07) is 5.83. The number of benzene rings is 1. The number of nitrogens with zero attached hydrogens (tertiary/aromatic N) is 2. The Kier molecular flexibility index (Phi) is 4.39. The van der Waals surface area contributed by atoms with Gasteiger partial charge in [0.15, 0.2) is 0 Å². The maximum absolute atomic E-state index is 6.33. The molecule has 0 atom stereocenters. The largest absolute Gasteiger partial charge is 0.383 e. The topological polar surface area (TPSA) is 43.8 Å². The molecule has 3 nitrogen and oxygen atoms in total. The number of aromatic nitrogens is 2. The number of rotatable bonds is 4. The Labute approximate surface area is 125 Å². The van der Waals surface area contributed by atoms with E-state index in [-0.39, 0.29) is 0 Å².